The molecule has 0 N–H and O–H groups in total. The fraction of sp³-hybridized carbons (Fsp3) is 0.667. The van der Waals surface area contributed by atoms with E-state index in [4.69, 9.17) is 0 Å². The molecule has 176 valence electrons. The van der Waals surface area contributed by atoms with E-state index in [2.05, 4.69) is 0 Å². The summed E-state index contributed by atoms with van der Waals surface area (Å²) in [5, 5.41) is 11.8. The van der Waals surface area contributed by atoms with E-state index >= 15 is 0 Å². The van der Waals surface area contributed by atoms with Crippen molar-refractivity contribution in [3.8, 4) is 0 Å². The van der Waals surface area contributed by atoms with E-state index < -0.39 is 14.9 Å². The second kappa shape index (κ2) is 9.62. The predicted molar refractivity (Wildman–Crippen MR) is 120 cm³/mol. The topological polar surface area (TPSA) is 107 Å². The Morgan fingerprint density at radius 2 is 1.38 bits per heavy atom. The molecular weight excluding hydrogens is 434 g/mol. The lowest BCUT2D eigenvalue weighted by Crippen LogP contribution is -2.52. The lowest BCUT2D eigenvalue weighted by Gasteiger charge is -2.37. The highest BCUT2D eigenvalue weighted by Crippen LogP contribution is 2.33. The van der Waals surface area contributed by atoms with Crippen molar-refractivity contribution < 1.29 is 18.1 Å². The van der Waals surface area contributed by atoms with E-state index in [-0.39, 0.29) is 16.6 Å². The Balaban J connectivity index is 1.50. The molecule has 2 amide bonds. The van der Waals surface area contributed by atoms with E-state index in [0.717, 1.165) is 51.6 Å². The molecule has 0 aromatic heterocycles. The molecule has 3 aliphatic rings. The van der Waals surface area contributed by atoms with Gasteiger partial charge in [0.1, 0.15) is 5.69 Å². The van der Waals surface area contributed by atoms with Crippen molar-refractivity contribution in [1.82, 2.24) is 14.1 Å². The Bertz CT molecular complexity index is 947. The summed E-state index contributed by atoms with van der Waals surface area (Å²) in [5.41, 5.74) is 0.193. The number of nitrogens with zero attached hydrogens (tertiary/aromatic N) is 5. The standard InChI is InChI=1S/C21H31N5O5S/c27-21(23-9-5-6-10-23)24-15-13-22(14-16-24)19-8-7-18(17-20(19)26(28)29)32(30,31)25-11-3-1-2-4-12-25/h7-8,17H,1-6,9-16H2. The van der Waals surface area contributed by atoms with E-state index in [1.807, 2.05) is 9.80 Å². The van der Waals surface area contributed by atoms with Gasteiger partial charge >= 0.3 is 6.03 Å². The van der Waals surface area contributed by atoms with Gasteiger partial charge in [-0.1, -0.05) is 12.8 Å². The molecule has 1 aromatic rings. The molecule has 0 unspecified atom stereocenters. The molecular formula is C21H31N5O5S. The molecule has 3 heterocycles. The second-order valence-electron chi connectivity index (χ2n) is 8.68. The average molecular weight is 466 g/mol. The summed E-state index contributed by atoms with van der Waals surface area (Å²) in [4.78, 5) is 29.4. The molecule has 0 radical (unpaired) electrons. The number of piperazine rings is 1. The van der Waals surface area contributed by atoms with Crippen molar-refractivity contribution in [2.45, 2.75) is 43.4 Å². The maximum atomic E-state index is 13.1. The van der Waals surface area contributed by atoms with Gasteiger partial charge in [0.05, 0.1) is 9.82 Å². The van der Waals surface area contributed by atoms with Gasteiger partial charge < -0.3 is 14.7 Å². The van der Waals surface area contributed by atoms with Crippen LogP contribution in [0.5, 0.6) is 0 Å². The first-order valence-electron chi connectivity index (χ1n) is 11.5. The Kier molecular flexibility index (Phi) is 6.85. The zero-order valence-electron chi connectivity index (χ0n) is 18.3. The summed E-state index contributed by atoms with van der Waals surface area (Å²) in [6, 6.07) is 4.25. The van der Waals surface area contributed by atoms with Gasteiger partial charge in [0.15, 0.2) is 0 Å². The Morgan fingerprint density at radius 3 is 1.97 bits per heavy atom. The third kappa shape index (κ3) is 4.68. The van der Waals surface area contributed by atoms with Crippen LogP contribution in [0.1, 0.15) is 38.5 Å². The Hall–Kier alpha value is -2.40. The molecule has 0 bridgehead atoms. The number of hydrogen-bond acceptors (Lipinski definition) is 6. The maximum absolute atomic E-state index is 13.1. The summed E-state index contributed by atoms with van der Waals surface area (Å²) >= 11 is 0. The molecule has 0 atom stereocenters. The average Bonchev–Trinajstić information content (AvgIpc) is 3.19. The fourth-order valence-electron chi connectivity index (χ4n) is 4.76. The number of nitro groups is 1. The van der Waals surface area contributed by atoms with Gasteiger partial charge in [-0.15, -0.1) is 0 Å². The van der Waals surface area contributed by atoms with Crippen LogP contribution in [0.15, 0.2) is 23.1 Å². The minimum Gasteiger partial charge on any atom is -0.362 e. The molecule has 1 aromatic carbocycles. The summed E-state index contributed by atoms with van der Waals surface area (Å²) in [6.45, 7) is 4.39. The zero-order chi connectivity index (χ0) is 22.7. The van der Waals surface area contributed by atoms with Crippen molar-refractivity contribution >= 4 is 27.4 Å². The molecule has 3 fully saturated rings. The van der Waals surface area contributed by atoms with Crippen LogP contribution in [0.2, 0.25) is 0 Å². The van der Waals surface area contributed by atoms with Crippen LogP contribution in [0.4, 0.5) is 16.2 Å². The summed E-state index contributed by atoms with van der Waals surface area (Å²) in [6.07, 6.45) is 5.67. The highest BCUT2D eigenvalue weighted by atomic mass is 32.2. The molecule has 3 aliphatic heterocycles. The number of likely N-dealkylation sites (tertiary alicyclic amines) is 1. The molecule has 10 nitrogen and oxygen atoms in total. The second-order valence-corrected chi connectivity index (χ2v) is 10.6. The SMILES string of the molecule is O=C(N1CCCC1)N1CCN(c2ccc(S(=O)(=O)N3CCCCCC3)cc2[N+](=O)[O-])CC1. The van der Waals surface area contributed by atoms with Gasteiger partial charge in [-0.3, -0.25) is 10.1 Å². The molecule has 0 saturated carbocycles. The number of rotatable bonds is 4. The van der Waals surface area contributed by atoms with Crippen molar-refractivity contribution in [3.05, 3.63) is 28.3 Å². The minimum atomic E-state index is -3.77. The lowest BCUT2D eigenvalue weighted by atomic mass is 10.2. The Labute approximate surface area is 189 Å². The number of anilines is 1. The smallest absolute Gasteiger partial charge is 0.320 e. The number of sulfonamides is 1. The lowest BCUT2D eigenvalue weighted by molar-refractivity contribution is -0.384. The van der Waals surface area contributed by atoms with Gasteiger partial charge in [0.2, 0.25) is 10.0 Å². The minimum absolute atomic E-state index is 0.0299. The normalized spacial score (nSPS) is 20.9. The first-order valence-corrected chi connectivity index (χ1v) is 12.9. The summed E-state index contributed by atoms with van der Waals surface area (Å²) in [7, 11) is -3.77. The quantitative estimate of drug-likeness (QED) is 0.499. The van der Waals surface area contributed by atoms with Crippen molar-refractivity contribution in [1.29, 1.82) is 0 Å². The van der Waals surface area contributed by atoms with Crippen LogP contribution in [-0.2, 0) is 10.0 Å². The number of nitro benzene ring substituents is 1. The van der Waals surface area contributed by atoms with Crippen molar-refractivity contribution in [2.75, 3.05) is 57.3 Å². The van der Waals surface area contributed by atoms with Crippen LogP contribution in [-0.4, -0.2) is 85.8 Å². The first kappa shape index (κ1) is 22.8. The highest BCUT2D eigenvalue weighted by Gasteiger charge is 2.32. The van der Waals surface area contributed by atoms with Crippen LogP contribution in [0.25, 0.3) is 0 Å². The monoisotopic (exact) mass is 465 g/mol. The van der Waals surface area contributed by atoms with Gasteiger partial charge in [-0.25, -0.2) is 13.2 Å². The van der Waals surface area contributed by atoms with Gasteiger partial charge in [-0.2, -0.15) is 4.31 Å². The van der Waals surface area contributed by atoms with E-state index in [1.54, 1.807) is 11.0 Å². The zero-order valence-corrected chi connectivity index (χ0v) is 19.1. The van der Waals surface area contributed by atoms with Gasteiger partial charge in [-0.05, 0) is 37.8 Å². The van der Waals surface area contributed by atoms with Gasteiger partial charge in [0, 0.05) is 58.4 Å². The van der Waals surface area contributed by atoms with E-state index in [1.165, 1.54) is 16.4 Å². The van der Waals surface area contributed by atoms with Crippen LogP contribution < -0.4 is 4.90 Å². The number of carbonyl (C=O) groups is 1. The molecule has 32 heavy (non-hydrogen) atoms. The molecule has 3 saturated heterocycles. The third-order valence-corrected chi connectivity index (χ3v) is 8.51. The largest absolute Gasteiger partial charge is 0.362 e. The van der Waals surface area contributed by atoms with E-state index in [0.29, 0.717) is 45.0 Å². The van der Waals surface area contributed by atoms with Crippen LogP contribution in [0, 0.1) is 10.1 Å². The number of hydrogen-bond donors (Lipinski definition) is 0. The van der Waals surface area contributed by atoms with E-state index in [9.17, 15) is 23.3 Å². The van der Waals surface area contributed by atoms with Crippen LogP contribution in [0.3, 0.4) is 0 Å². The van der Waals surface area contributed by atoms with Crippen LogP contribution >= 0.6 is 0 Å². The number of urea groups is 1. The van der Waals surface area contributed by atoms with Crippen molar-refractivity contribution in [3.63, 3.8) is 0 Å². The molecule has 11 heteroatoms. The first-order chi connectivity index (χ1) is 15.4. The Morgan fingerprint density at radius 1 is 0.812 bits per heavy atom. The molecule has 0 spiro atoms. The maximum Gasteiger partial charge on any atom is 0.320 e. The number of carbonyl (C=O) groups excluding carboxylic acids is 1. The van der Waals surface area contributed by atoms with Crippen molar-refractivity contribution in [2.24, 2.45) is 0 Å². The summed E-state index contributed by atoms with van der Waals surface area (Å²) in [5.74, 6) is 0. The number of benzene rings is 1. The third-order valence-electron chi connectivity index (χ3n) is 6.61. The molecule has 0 aliphatic carbocycles. The highest BCUT2D eigenvalue weighted by molar-refractivity contribution is 7.89. The predicted octanol–water partition coefficient (Wildman–Crippen LogP) is 2.50. The summed E-state index contributed by atoms with van der Waals surface area (Å²) < 4.78 is 27.6. The fourth-order valence-corrected chi connectivity index (χ4v) is 6.29. The molecule has 4 rings (SSSR count). The van der Waals surface area contributed by atoms with Gasteiger partial charge in [0.25, 0.3) is 5.69 Å². The number of amides is 2.